The highest BCUT2D eigenvalue weighted by molar-refractivity contribution is 6.30. The highest BCUT2D eigenvalue weighted by Crippen LogP contribution is 2.42. The molecule has 0 aromatic heterocycles. The number of nitrogens with zero attached hydrogens (tertiary/aromatic N) is 2. The third-order valence-corrected chi connectivity index (χ3v) is 10.6. The monoisotopic (exact) mass is 762 g/mol. The van der Waals surface area contributed by atoms with Gasteiger partial charge in [0, 0.05) is 49.9 Å². The van der Waals surface area contributed by atoms with Crippen LogP contribution in [-0.4, -0.2) is 81.8 Å². The van der Waals surface area contributed by atoms with Crippen LogP contribution < -0.4 is 20.3 Å². The number of hydrogen-bond acceptors (Lipinski definition) is 8. The minimum absolute atomic E-state index is 0.0219. The minimum atomic E-state index is -1.71. The highest BCUT2D eigenvalue weighted by Gasteiger charge is 2.49. The first-order valence-electron chi connectivity index (χ1n) is 18.1. The van der Waals surface area contributed by atoms with Gasteiger partial charge in [-0.05, 0) is 72.4 Å². The fourth-order valence-corrected chi connectivity index (χ4v) is 7.56. The zero-order valence-corrected chi connectivity index (χ0v) is 31.1. The molecule has 0 bridgehead atoms. The van der Waals surface area contributed by atoms with Gasteiger partial charge in [0.05, 0.1) is 12.5 Å². The Morgan fingerprint density at radius 3 is 2.15 bits per heavy atom. The van der Waals surface area contributed by atoms with Gasteiger partial charge >= 0.3 is 5.97 Å². The van der Waals surface area contributed by atoms with E-state index in [2.05, 4.69) is 10.6 Å². The predicted molar refractivity (Wildman–Crippen MR) is 200 cm³/mol. The van der Waals surface area contributed by atoms with Crippen LogP contribution in [0.1, 0.15) is 74.7 Å². The molecule has 1 heterocycles. The molecule has 2 aliphatic rings. The highest BCUT2D eigenvalue weighted by atomic mass is 35.5. The van der Waals surface area contributed by atoms with Crippen LogP contribution in [-0.2, 0) is 36.8 Å². The number of halogens is 1. The Labute approximate surface area is 319 Å². The molecule has 3 atom stereocenters. The summed E-state index contributed by atoms with van der Waals surface area (Å²) in [6.45, 7) is 1.73. The Kier molecular flexibility index (Phi) is 13.3. The van der Waals surface area contributed by atoms with E-state index in [-0.39, 0.29) is 43.4 Å². The summed E-state index contributed by atoms with van der Waals surface area (Å²) in [5.41, 5.74) is 1.66. The fraction of sp³-hybridized carbons (Fsp3) is 0.425. The summed E-state index contributed by atoms with van der Waals surface area (Å²) in [6, 6.07) is 18.5. The number of carbonyl (C=O) groups excluding carboxylic acids is 4. The lowest BCUT2D eigenvalue weighted by Crippen LogP contribution is -2.49. The Bertz CT molecular complexity index is 1800. The molecule has 54 heavy (non-hydrogen) atoms. The van der Waals surface area contributed by atoms with Crippen molar-refractivity contribution in [2.75, 3.05) is 18.6 Å². The van der Waals surface area contributed by atoms with Crippen molar-refractivity contribution in [3.8, 4) is 5.75 Å². The fourth-order valence-electron chi connectivity index (χ4n) is 7.43. The zero-order valence-electron chi connectivity index (χ0n) is 30.4. The third-order valence-electron chi connectivity index (χ3n) is 10.3. The van der Waals surface area contributed by atoms with E-state index < -0.39 is 41.8 Å². The van der Waals surface area contributed by atoms with Crippen molar-refractivity contribution >= 4 is 46.9 Å². The van der Waals surface area contributed by atoms with E-state index in [9.17, 15) is 39.3 Å². The molecule has 3 unspecified atom stereocenters. The Hall–Kier alpha value is -4.98. The number of carboxylic acids is 1. The summed E-state index contributed by atoms with van der Waals surface area (Å²) in [5.74, 6) is -1.92. The van der Waals surface area contributed by atoms with E-state index in [1.807, 2.05) is 12.1 Å². The maximum absolute atomic E-state index is 14.5. The summed E-state index contributed by atoms with van der Waals surface area (Å²) in [4.78, 5) is 68.9. The van der Waals surface area contributed by atoms with Gasteiger partial charge in [-0.25, -0.2) is 4.79 Å². The second-order valence-electron chi connectivity index (χ2n) is 14.0. The number of benzene rings is 3. The largest absolute Gasteiger partial charge is 0.497 e. The standard InChI is InChI=1S/C40H47ClN4O9/c1-25(46)42-22-21-40(19-3-4-20-40)39(53)43-32(38(51)52)23-26-5-13-30(14-6-26)44-36(28-9-11-29(41)12-10-28)45(34(47)17-18-35(48)49)33(37(44)50)24-27-7-15-31(54-2)16-8-27/h5-16,32-33,35-36,48-49H,3-4,17-24H2,1-2H3,(H,42,46)(H,43,53)(H,51,52). The molecule has 3 aromatic carbocycles. The number of carbonyl (C=O) groups is 5. The van der Waals surface area contributed by atoms with E-state index in [1.54, 1.807) is 67.8 Å². The van der Waals surface area contributed by atoms with Gasteiger partial charge in [-0.1, -0.05) is 60.8 Å². The van der Waals surface area contributed by atoms with Crippen molar-refractivity contribution in [3.05, 3.63) is 94.5 Å². The van der Waals surface area contributed by atoms with Crippen molar-refractivity contribution < 1.29 is 44.0 Å². The van der Waals surface area contributed by atoms with E-state index in [1.165, 1.54) is 16.7 Å². The molecule has 5 N–H and O–H groups in total. The maximum atomic E-state index is 14.5. The van der Waals surface area contributed by atoms with Gasteiger partial charge < -0.3 is 35.6 Å². The lowest BCUT2D eigenvalue weighted by atomic mass is 9.81. The van der Waals surface area contributed by atoms with E-state index in [0.29, 0.717) is 53.4 Å². The molecule has 2 fully saturated rings. The van der Waals surface area contributed by atoms with Gasteiger partial charge in [0.2, 0.25) is 17.7 Å². The first-order valence-corrected chi connectivity index (χ1v) is 18.5. The number of rotatable bonds is 16. The predicted octanol–water partition coefficient (Wildman–Crippen LogP) is 4.12. The molecule has 0 spiro atoms. The number of anilines is 1. The number of amides is 4. The first-order chi connectivity index (χ1) is 25.8. The quantitative estimate of drug-likeness (QED) is 0.134. The first kappa shape index (κ1) is 40.2. The van der Waals surface area contributed by atoms with Crippen molar-refractivity contribution in [3.63, 3.8) is 0 Å². The van der Waals surface area contributed by atoms with Crippen molar-refractivity contribution in [2.45, 2.75) is 89.3 Å². The number of aliphatic hydroxyl groups excluding tert-OH is 1. The molecule has 13 nitrogen and oxygen atoms in total. The van der Waals surface area contributed by atoms with Crippen LogP contribution in [0.4, 0.5) is 5.69 Å². The minimum Gasteiger partial charge on any atom is -0.497 e. The van der Waals surface area contributed by atoms with Crippen LogP contribution in [0.3, 0.4) is 0 Å². The summed E-state index contributed by atoms with van der Waals surface area (Å²) in [5, 5.41) is 35.3. The number of carboxylic acid groups (broad SMARTS) is 1. The van der Waals surface area contributed by atoms with Crippen LogP contribution >= 0.6 is 11.6 Å². The second-order valence-corrected chi connectivity index (χ2v) is 14.4. The van der Waals surface area contributed by atoms with Gasteiger partial charge in [-0.3, -0.25) is 24.1 Å². The number of aliphatic hydroxyl groups is 2. The SMILES string of the molecule is COc1ccc(CC2C(=O)N(c3ccc(CC(NC(=O)C4(CCNC(C)=O)CCCC4)C(=O)O)cc3)C(c3ccc(Cl)cc3)N2C(=O)CCC(O)O)cc1. The van der Waals surface area contributed by atoms with Crippen LogP contribution in [0.2, 0.25) is 5.02 Å². The number of ether oxygens (including phenoxy) is 1. The van der Waals surface area contributed by atoms with Crippen molar-refractivity contribution in [1.29, 1.82) is 0 Å². The summed E-state index contributed by atoms with van der Waals surface area (Å²) < 4.78 is 5.28. The molecule has 5 rings (SSSR count). The van der Waals surface area contributed by atoms with E-state index in [4.69, 9.17) is 16.3 Å². The topological polar surface area (TPSA) is 186 Å². The van der Waals surface area contributed by atoms with Gasteiger partial charge in [0.15, 0.2) is 6.29 Å². The molecule has 288 valence electrons. The molecule has 4 amide bonds. The molecule has 0 radical (unpaired) electrons. The molecule has 14 heteroatoms. The molecule has 1 aliphatic heterocycles. The molecule has 1 saturated heterocycles. The zero-order chi connectivity index (χ0) is 39.0. The van der Waals surface area contributed by atoms with Crippen molar-refractivity contribution in [1.82, 2.24) is 15.5 Å². The maximum Gasteiger partial charge on any atom is 0.326 e. The van der Waals surface area contributed by atoms with E-state index >= 15 is 0 Å². The Balaban J connectivity index is 1.43. The van der Waals surface area contributed by atoms with E-state index in [0.717, 1.165) is 18.4 Å². The number of methoxy groups -OCH3 is 1. The molecular weight excluding hydrogens is 716 g/mol. The number of hydrogen-bond donors (Lipinski definition) is 5. The van der Waals surface area contributed by atoms with Gasteiger partial charge in [0.25, 0.3) is 5.91 Å². The average Bonchev–Trinajstić information content (AvgIpc) is 3.74. The lowest BCUT2D eigenvalue weighted by molar-refractivity contribution is -0.144. The van der Waals surface area contributed by atoms with Crippen LogP contribution in [0.5, 0.6) is 5.75 Å². The molecule has 1 aliphatic carbocycles. The lowest BCUT2D eigenvalue weighted by Gasteiger charge is -2.32. The third kappa shape index (κ3) is 9.57. The summed E-state index contributed by atoms with van der Waals surface area (Å²) in [6.07, 6.45) is 0.379. The Morgan fingerprint density at radius 2 is 1.57 bits per heavy atom. The molecule has 3 aromatic rings. The van der Waals surface area contributed by atoms with Crippen LogP contribution in [0.15, 0.2) is 72.8 Å². The second kappa shape index (κ2) is 17.9. The van der Waals surface area contributed by atoms with Crippen LogP contribution in [0, 0.1) is 5.41 Å². The van der Waals surface area contributed by atoms with Gasteiger partial charge in [-0.15, -0.1) is 0 Å². The van der Waals surface area contributed by atoms with Gasteiger partial charge in [-0.2, -0.15) is 0 Å². The van der Waals surface area contributed by atoms with Crippen molar-refractivity contribution in [2.24, 2.45) is 5.41 Å². The average molecular weight is 763 g/mol. The smallest absolute Gasteiger partial charge is 0.326 e. The normalized spacial score (nSPS) is 18.4. The summed E-state index contributed by atoms with van der Waals surface area (Å²) in [7, 11) is 1.55. The van der Waals surface area contributed by atoms with Crippen LogP contribution in [0.25, 0.3) is 0 Å². The summed E-state index contributed by atoms with van der Waals surface area (Å²) >= 11 is 6.23. The molecule has 1 saturated carbocycles. The number of aliphatic carboxylic acids is 1. The molecular formula is C40H47ClN4O9. The number of nitrogens with one attached hydrogen (secondary N) is 2. The Morgan fingerprint density at radius 1 is 0.944 bits per heavy atom. The van der Waals surface area contributed by atoms with Gasteiger partial charge in [0.1, 0.15) is 24.0 Å².